The minimum absolute atomic E-state index is 0.118. The van der Waals surface area contributed by atoms with E-state index in [-0.39, 0.29) is 5.92 Å². The Morgan fingerprint density at radius 3 is 1.92 bits per heavy atom. The normalized spacial score (nSPS) is 15.8. The molecule has 0 rings (SSSR count). The third-order valence-corrected chi connectivity index (χ3v) is 3.25. The fourth-order valence-corrected chi connectivity index (χ4v) is 1.63. The first-order valence-corrected chi connectivity index (χ1v) is 7.51. The smallest absolute Gasteiger partial charge is 0.322 e. The Hall–Kier alpha value is -2.20. The van der Waals surface area contributed by atoms with Gasteiger partial charge in [-0.15, -0.1) is 0 Å². The fraction of sp³-hybridized carbons (Fsp3) is 0.714. The Bertz CT molecular complexity index is 480. The summed E-state index contributed by atoms with van der Waals surface area (Å²) in [6.07, 6.45) is -1.26. The summed E-state index contributed by atoms with van der Waals surface area (Å²) in [5.41, 5.74) is 5.67. The van der Waals surface area contributed by atoms with Crippen LogP contribution in [0.3, 0.4) is 0 Å². The molecule has 0 bridgehead atoms. The molecule has 3 amide bonds. The van der Waals surface area contributed by atoms with Crippen LogP contribution in [0.15, 0.2) is 0 Å². The molecular weight excluding hydrogens is 320 g/mol. The number of aliphatic hydroxyl groups excluding tert-OH is 1. The third kappa shape index (κ3) is 7.38. The van der Waals surface area contributed by atoms with Crippen LogP contribution in [-0.2, 0) is 19.2 Å². The number of carboxylic acid groups (broad SMARTS) is 1. The van der Waals surface area contributed by atoms with Crippen LogP contribution in [0, 0.1) is 5.92 Å². The van der Waals surface area contributed by atoms with Crippen LogP contribution in [0.25, 0.3) is 0 Å². The standard InChI is InChI=1S/C14H26N4O6/c1-6(2)10(15)13(23)17-7(3)12(22)18-11(8(4)19)14(24)16-5-9(20)21/h6-8,10-11,19H,5,15H2,1-4H3,(H,16,24)(H,17,23)(H,18,22)(H,20,21). The van der Waals surface area contributed by atoms with Crippen LogP contribution in [0.5, 0.6) is 0 Å². The lowest BCUT2D eigenvalue weighted by Crippen LogP contribution is -2.58. The van der Waals surface area contributed by atoms with Crippen molar-refractivity contribution < 1.29 is 29.4 Å². The number of carbonyl (C=O) groups excluding carboxylic acids is 3. The van der Waals surface area contributed by atoms with Gasteiger partial charge in [0, 0.05) is 0 Å². The highest BCUT2D eigenvalue weighted by atomic mass is 16.4. The molecule has 4 unspecified atom stereocenters. The van der Waals surface area contributed by atoms with Gasteiger partial charge >= 0.3 is 5.97 Å². The van der Waals surface area contributed by atoms with Crippen molar-refractivity contribution in [3.8, 4) is 0 Å². The second-order valence-corrected chi connectivity index (χ2v) is 5.84. The molecule has 7 N–H and O–H groups in total. The second-order valence-electron chi connectivity index (χ2n) is 5.84. The van der Waals surface area contributed by atoms with E-state index in [1.165, 1.54) is 13.8 Å². The summed E-state index contributed by atoms with van der Waals surface area (Å²) in [4.78, 5) is 46.1. The first kappa shape index (κ1) is 21.8. The predicted octanol–water partition coefficient (Wildman–Crippen LogP) is -2.46. The lowest BCUT2D eigenvalue weighted by molar-refractivity contribution is -0.139. The monoisotopic (exact) mass is 346 g/mol. The van der Waals surface area contributed by atoms with Crippen LogP contribution in [0.4, 0.5) is 0 Å². The van der Waals surface area contributed by atoms with Crippen molar-refractivity contribution in [2.24, 2.45) is 11.7 Å². The number of carboxylic acids is 1. The van der Waals surface area contributed by atoms with Crippen LogP contribution in [0.2, 0.25) is 0 Å². The van der Waals surface area contributed by atoms with Crippen molar-refractivity contribution in [1.29, 1.82) is 0 Å². The molecule has 0 aromatic carbocycles. The molecule has 0 aliphatic rings. The van der Waals surface area contributed by atoms with Crippen LogP contribution in [-0.4, -0.2) is 64.7 Å². The summed E-state index contributed by atoms with van der Waals surface area (Å²) in [6, 6.07) is -3.13. The average molecular weight is 346 g/mol. The summed E-state index contributed by atoms with van der Waals surface area (Å²) < 4.78 is 0. The minimum atomic E-state index is -1.35. The number of hydrogen-bond acceptors (Lipinski definition) is 6. The molecule has 10 nitrogen and oxygen atoms in total. The zero-order valence-corrected chi connectivity index (χ0v) is 14.2. The highest BCUT2D eigenvalue weighted by molar-refractivity contribution is 5.93. The number of nitrogens with two attached hydrogens (primary N) is 1. The van der Waals surface area contributed by atoms with Crippen molar-refractivity contribution in [3.63, 3.8) is 0 Å². The van der Waals surface area contributed by atoms with Gasteiger partial charge in [0.1, 0.15) is 18.6 Å². The lowest BCUT2D eigenvalue weighted by atomic mass is 10.0. The summed E-state index contributed by atoms with van der Waals surface area (Å²) in [5, 5.41) is 24.9. The zero-order valence-electron chi connectivity index (χ0n) is 14.2. The molecule has 0 aliphatic carbocycles. The van der Waals surface area contributed by atoms with Gasteiger partial charge in [0.2, 0.25) is 17.7 Å². The Balaban J connectivity index is 4.74. The molecule has 0 saturated heterocycles. The molecular formula is C14H26N4O6. The number of aliphatic hydroxyl groups is 1. The van der Waals surface area contributed by atoms with Crippen LogP contribution in [0.1, 0.15) is 27.7 Å². The minimum Gasteiger partial charge on any atom is -0.480 e. The number of aliphatic carboxylic acids is 1. The number of nitrogens with one attached hydrogen (secondary N) is 3. The summed E-state index contributed by atoms with van der Waals surface area (Å²) in [6.45, 7) is 5.53. The van der Waals surface area contributed by atoms with Crippen molar-refractivity contribution in [3.05, 3.63) is 0 Å². The van der Waals surface area contributed by atoms with Gasteiger partial charge in [0.15, 0.2) is 0 Å². The van der Waals surface area contributed by atoms with Crippen LogP contribution < -0.4 is 21.7 Å². The largest absolute Gasteiger partial charge is 0.480 e. The quantitative estimate of drug-likeness (QED) is 0.269. The van der Waals surface area contributed by atoms with E-state index in [0.29, 0.717) is 0 Å². The van der Waals surface area contributed by atoms with E-state index in [1.807, 2.05) is 0 Å². The van der Waals surface area contributed by atoms with E-state index in [1.54, 1.807) is 13.8 Å². The van der Waals surface area contributed by atoms with E-state index in [0.717, 1.165) is 0 Å². The molecule has 0 fully saturated rings. The molecule has 0 aliphatic heterocycles. The van der Waals surface area contributed by atoms with Crippen molar-refractivity contribution in [2.75, 3.05) is 6.54 Å². The fourth-order valence-electron chi connectivity index (χ4n) is 1.63. The average Bonchev–Trinajstić information content (AvgIpc) is 2.48. The maximum Gasteiger partial charge on any atom is 0.322 e. The lowest BCUT2D eigenvalue weighted by Gasteiger charge is -2.24. The Labute approximate surface area is 140 Å². The van der Waals surface area contributed by atoms with Gasteiger partial charge in [-0.2, -0.15) is 0 Å². The Kier molecular flexibility index (Phi) is 8.93. The third-order valence-electron chi connectivity index (χ3n) is 3.25. The van der Waals surface area contributed by atoms with E-state index >= 15 is 0 Å². The summed E-state index contributed by atoms with van der Waals surface area (Å²) in [5.74, 6) is -3.46. The summed E-state index contributed by atoms with van der Waals surface area (Å²) >= 11 is 0. The molecule has 0 aromatic rings. The number of rotatable bonds is 9. The van der Waals surface area contributed by atoms with Gasteiger partial charge in [0.25, 0.3) is 0 Å². The summed E-state index contributed by atoms with van der Waals surface area (Å²) in [7, 11) is 0. The Morgan fingerprint density at radius 2 is 1.50 bits per heavy atom. The first-order valence-electron chi connectivity index (χ1n) is 7.51. The predicted molar refractivity (Wildman–Crippen MR) is 84.7 cm³/mol. The van der Waals surface area contributed by atoms with E-state index in [9.17, 15) is 24.3 Å². The molecule has 0 heterocycles. The highest BCUT2D eigenvalue weighted by Gasteiger charge is 2.29. The van der Waals surface area contributed by atoms with E-state index in [2.05, 4.69) is 16.0 Å². The number of amides is 3. The van der Waals surface area contributed by atoms with Gasteiger partial charge in [-0.25, -0.2) is 0 Å². The first-order chi connectivity index (χ1) is 11.0. The van der Waals surface area contributed by atoms with Crippen LogP contribution >= 0.6 is 0 Å². The number of carbonyl (C=O) groups is 4. The van der Waals surface area contributed by atoms with Gasteiger partial charge in [-0.1, -0.05) is 13.8 Å². The zero-order chi connectivity index (χ0) is 19.0. The second kappa shape index (κ2) is 9.83. The van der Waals surface area contributed by atoms with Crippen molar-refractivity contribution in [1.82, 2.24) is 16.0 Å². The topological polar surface area (TPSA) is 171 Å². The molecule has 0 radical (unpaired) electrons. The molecule has 0 spiro atoms. The van der Waals surface area contributed by atoms with Gasteiger partial charge in [-0.3, -0.25) is 19.2 Å². The van der Waals surface area contributed by atoms with E-state index in [4.69, 9.17) is 10.8 Å². The molecule has 0 aromatic heterocycles. The van der Waals surface area contributed by atoms with Gasteiger partial charge in [-0.05, 0) is 19.8 Å². The van der Waals surface area contributed by atoms with Gasteiger partial charge in [0.05, 0.1) is 12.1 Å². The highest BCUT2D eigenvalue weighted by Crippen LogP contribution is 2.00. The SMILES string of the molecule is CC(NC(=O)C(N)C(C)C)C(=O)NC(C(=O)NCC(=O)O)C(C)O. The molecule has 0 saturated carbocycles. The molecule has 10 heteroatoms. The van der Waals surface area contributed by atoms with Gasteiger partial charge < -0.3 is 31.9 Å². The maximum atomic E-state index is 12.1. The maximum absolute atomic E-state index is 12.1. The molecule has 4 atom stereocenters. The number of hydrogen-bond donors (Lipinski definition) is 6. The van der Waals surface area contributed by atoms with E-state index < -0.39 is 54.5 Å². The van der Waals surface area contributed by atoms with Crippen molar-refractivity contribution in [2.45, 2.75) is 51.9 Å². The molecule has 24 heavy (non-hydrogen) atoms. The molecule has 138 valence electrons. The van der Waals surface area contributed by atoms with Crippen molar-refractivity contribution >= 4 is 23.7 Å². The Morgan fingerprint density at radius 1 is 0.958 bits per heavy atom.